The minimum absolute atomic E-state index is 0.172. The molecule has 0 spiro atoms. The summed E-state index contributed by atoms with van der Waals surface area (Å²) >= 11 is 9.09. The zero-order valence-corrected chi connectivity index (χ0v) is 13.5. The molecule has 0 fully saturated rings. The Morgan fingerprint density at radius 3 is 2.68 bits per heavy atom. The second-order valence-electron chi connectivity index (χ2n) is 4.45. The van der Waals surface area contributed by atoms with Crippen LogP contribution in [0.1, 0.15) is 15.9 Å². The second-order valence-corrected chi connectivity index (χ2v) is 5.78. The maximum Gasteiger partial charge on any atom is 0.305 e. The standard InChI is InChI=1S/C14H9BrClFN2O3/c1-7-2-3-8(15)4-12(7)18-14(20)9-5-13(19(21)22)11(17)6-10(9)16/h2-6H,1H3,(H,18,20). The molecule has 0 bridgehead atoms. The molecular formula is C14H9BrClFN2O3. The molecule has 0 aliphatic carbocycles. The number of anilines is 1. The fraction of sp³-hybridized carbons (Fsp3) is 0.0714. The van der Waals surface area contributed by atoms with E-state index >= 15 is 0 Å². The van der Waals surface area contributed by atoms with Gasteiger partial charge in [-0.3, -0.25) is 14.9 Å². The van der Waals surface area contributed by atoms with Gasteiger partial charge in [-0.15, -0.1) is 0 Å². The molecule has 0 radical (unpaired) electrons. The Hall–Kier alpha value is -1.99. The van der Waals surface area contributed by atoms with E-state index in [2.05, 4.69) is 21.2 Å². The van der Waals surface area contributed by atoms with Crippen molar-refractivity contribution >= 4 is 44.8 Å². The van der Waals surface area contributed by atoms with E-state index in [-0.39, 0.29) is 10.6 Å². The van der Waals surface area contributed by atoms with Crippen LogP contribution in [0.15, 0.2) is 34.8 Å². The molecule has 2 aromatic carbocycles. The summed E-state index contributed by atoms with van der Waals surface area (Å²) in [5.74, 6) is -1.75. The van der Waals surface area contributed by atoms with E-state index < -0.39 is 22.3 Å². The van der Waals surface area contributed by atoms with Crippen LogP contribution in [-0.2, 0) is 0 Å². The van der Waals surface area contributed by atoms with E-state index in [0.717, 1.165) is 22.2 Å². The van der Waals surface area contributed by atoms with Crippen LogP contribution in [0.2, 0.25) is 5.02 Å². The van der Waals surface area contributed by atoms with Crippen LogP contribution in [0.4, 0.5) is 15.8 Å². The van der Waals surface area contributed by atoms with Gasteiger partial charge in [0.1, 0.15) is 0 Å². The van der Waals surface area contributed by atoms with E-state index in [1.54, 1.807) is 25.1 Å². The Morgan fingerprint density at radius 2 is 2.05 bits per heavy atom. The molecule has 0 aliphatic rings. The summed E-state index contributed by atoms with van der Waals surface area (Å²) < 4.78 is 14.2. The van der Waals surface area contributed by atoms with Gasteiger partial charge in [0.2, 0.25) is 5.82 Å². The molecule has 8 heteroatoms. The Kier molecular flexibility index (Phi) is 4.77. The summed E-state index contributed by atoms with van der Waals surface area (Å²) in [6.07, 6.45) is 0. The monoisotopic (exact) mass is 386 g/mol. The van der Waals surface area contributed by atoms with Crippen molar-refractivity contribution in [3.05, 3.63) is 66.9 Å². The first kappa shape index (κ1) is 16.4. The number of amides is 1. The Morgan fingerprint density at radius 1 is 1.36 bits per heavy atom. The Balaban J connectivity index is 2.39. The zero-order chi connectivity index (χ0) is 16.4. The molecule has 0 saturated carbocycles. The van der Waals surface area contributed by atoms with Crippen LogP contribution in [0, 0.1) is 22.9 Å². The van der Waals surface area contributed by atoms with Crippen molar-refractivity contribution in [1.82, 2.24) is 0 Å². The van der Waals surface area contributed by atoms with Gasteiger partial charge in [0.15, 0.2) is 0 Å². The number of nitro benzene ring substituents is 1. The van der Waals surface area contributed by atoms with E-state index in [1.165, 1.54) is 0 Å². The van der Waals surface area contributed by atoms with Gasteiger partial charge in [-0.25, -0.2) is 0 Å². The first-order valence-electron chi connectivity index (χ1n) is 6.00. The maximum atomic E-state index is 13.4. The van der Waals surface area contributed by atoms with E-state index in [4.69, 9.17) is 11.6 Å². The minimum atomic E-state index is -1.09. The van der Waals surface area contributed by atoms with Crippen LogP contribution in [0.25, 0.3) is 0 Å². The van der Waals surface area contributed by atoms with Crippen LogP contribution >= 0.6 is 27.5 Å². The highest BCUT2D eigenvalue weighted by atomic mass is 79.9. The highest BCUT2D eigenvalue weighted by Crippen LogP contribution is 2.27. The first-order valence-corrected chi connectivity index (χ1v) is 7.17. The lowest BCUT2D eigenvalue weighted by atomic mass is 10.1. The number of hydrogen-bond acceptors (Lipinski definition) is 3. The number of nitrogens with one attached hydrogen (secondary N) is 1. The molecule has 22 heavy (non-hydrogen) atoms. The minimum Gasteiger partial charge on any atom is -0.322 e. The van der Waals surface area contributed by atoms with Crippen molar-refractivity contribution in [2.45, 2.75) is 6.92 Å². The number of carbonyl (C=O) groups excluding carboxylic acids is 1. The number of hydrogen-bond donors (Lipinski definition) is 1. The van der Waals surface area contributed by atoms with Crippen molar-refractivity contribution in [3.8, 4) is 0 Å². The van der Waals surface area contributed by atoms with Gasteiger partial charge in [-0.1, -0.05) is 33.6 Å². The van der Waals surface area contributed by atoms with Crippen molar-refractivity contribution in [2.24, 2.45) is 0 Å². The summed E-state index contributed by atoms with van der Waals surface area (Å²) in [5.41, 5.74) is 0.335. The molecular weight excluding hydrogens is 379 g/mol. The molecule has 0 saturated heterocycles. The predicted molar refractivity (Wildman–Crippen MR) is 84.9 cm³/mol. The lowest BCUT2D eigenvalue weighted by Crippen LogP contribution is -2.14. The lowest BCUT2D eigenvalue weighted by molar-refractivity contribution is -0.387. The smallest absolute Gasteiger partial charge is 0.305 e. The Bertz CT molecular complexity index is 783. The number of benzene rings is 2. The molecule has 5 nitrogen and oxygen atoms in total. The average molecular weight is 388 g/mol. The molecule has 2 rings (SSSR count). The van der Waals surface area contributed by atoms with Gasteiger partial charge >= 0.3 is 5.69 Å². The first-order chi connectivity index (χ1) is 10.3. The number of nitro groups is 1. The third-order valence-corrected chi connectivity index (χ3v) is 3.73. The van der Waals surface area contributed by atoms with Crippen molar-refractivity contribution < 1.29 is 14.1 Å². The summed E-state index contributed by atoms with van der Waals surface area (Å²) in [4.78, 5) is 22.1. The fourth-order valence-electron chi connectivity index (χ4n) is 1.77. The summed E-state index contributed by atoms with van der Waals surface area (Å²) in [7, 11) is 0. The molecule has 0 heterocycles. The summed E-state index contributed by atoms with van der Waals surface area (Å²) in [6.45, 7) is 1.79. The number of rotatable bonds is 3. The largest absolute Gasteiger partial charge is 0.322 e. The molecule has 0 aliphatic heterocycles. The third-order valence-electron chi connectivity index (χ3n) is 2.93. The molecule has 114 valence electrons. The summed E-state index contributed by atoms with van der Waals surface area (Å²) in [6, 6.07) is 6.84. The van der Waals surface area contributed by atoms with Gasteiger partial charge in [0.05, 0.1) is 15.5 Å². The van der Waals surface area contributed by atoms with Gasteiger partial charge in [-0.2, -0.15) is 4.39 Å². The zero-order valence-electron chi connectivity index (χ0n) is 11.2. The molecule has 0 atom stereocenters. The molecule has 0 unspecified atom stereocenters. The number of aryl methyl sites for hydroxylation is 1. The van der Waals surface area contributed by atoms with Crippen molar-refractivity contribution in [3.63, 3.8) is 0 Å². The quantitative estimate of drug-likeness (QED) is 0.612. The molecule has 1 N–H and O–H groups in total. The van der Waals surface area contributed by atoms with Crippen molar-refractivity contribution in [2.75, 3.05) is 5.32 Å². The fourth-order valence-corrected chi connectivity index (χ4v) is 2.37. The second kappa shape index (κ2) is 6.41. The van der Waals surface area contributed by atoms with Crippen LogP contribution in [0.3, 0.4) is 0 Å². The van der Waals surface area contributed by atoms with E-state index in [0.29, 0.717) is 5.69 Å². The normalized spacial score (nSPS) is 10.4. The number of nitrogens with zero attached hydrogens (tertiary/aromatic N) is 1. The predicted octanol–water partition coefficient (Wildman–Crippen LogP) is 4.71. The highest BCUT2D eigenvalue weighted by Gasteiger charge is 2.21. The lowest BCUT2D eigenvalue weighted by Gasteiger charge is -2.10. The van der Waals surface area contributed by atoms with E-state index in [1.807, 2.05) is 0 Å². The number of halogens is 3. The topological polar surface area (TPSA) is 72.2 Å². The molecule has 2 aromatic rings. The van der Waals surface area contributed by atoms with Crippen LogP contribution < -0.4 is 5.32 Å². The third kappa shape index (κ3) is 3.42. The molecule has 0 aromatic heterocycles. The molecule has 1 amide bonds. The summed E-state index contributed by atoms with van der Waals surface area (Å²) in [5, 5.41) is 13.1. The van der Waals surface area contributed by atoms with Gasteiger partial charge in [0.25, 0.3) is 5.91 Å². The van der Waals surface area contributed by atoms with Crippen molar-refractivity contribution in [1.29, 1.82) is 0 Å². The van der Waals surface area contributed by atoms with E-state index in [9.17, 15) is 19.3 Å². The Labute approximate surface area is 138 Å². The number of carbonyl (C=O) groups is 1. The van der Waals surface area contributed by atoms with Gasteiger partial charge in [0, 0.05) is 22.3 Å². The van der Waals surface area contributed by atoms with Crippen LogP contribution in [0.5, 0.6) is 0 Å². The van der Waals surface area contributed by atoms with Gasteiger partial charge < -0.3 is 5.32 Å². The highest BCUT2D eigenvalue weighted by molar-refractivity contribution is 9.10. The average Bonchev–Trinajstić information content (AvgIpc) is 2.42. The maximum absolute atomic E-state index is 13.4. The SMILES string of the molecule is Cc1ccc(Br)cc1NC(=O)c1cc([N+](=O)[O-])c(F)cc1Cl. The van der Waals surface area contributed by atoms with Crippen LogP contribution in [-0.4, -0.2) is 10.8 Å². The van der Waals surface area contributed by atoms with Gasteiger partial charge in [-0.05, 0) is 24.6 Å².